The molecule has 30 heavy (non-hydrogen) atoms. The largest absolute Gasteiger partial charge is 0.469 e. The minimum Gasteiger partial charge on any atom is -0.469 e. The van der Waals surface area contributed by atoms with Gasteiger partial charge in [0.2, 0.25) is 5.43 Å². The maximum Gasteiger partial charge on any atom is 0.416 e. The van der Waals surface area contributed by atoms with Crippen LogP contribution in [-0.4, -0.2) is 15.7 Å². The molecular formula is C21H18F3N3O3. The summed E-state index contributed by atoms with van der Waals surface area (Å²) in [6.07, 6.45) is -0.681. The maximum absolute atomic E-state index is 13.1. The second kappa shape index (κ2) is 7.47. The van der Waals surface area contributed by atoms with E-state index in [1.807, 2.05) is 0 Å². The van der Waals surface area contributed by atoms with Crippen molar-refractivity contribution in [2.24, 2.45) is 0 Å². The predicted octanol–water partition coefficient (Wildman–Crippen LogP) is 3.96. The first kappa shape index (κ1) is 19.9. The number of amides is 1. The first-order valence-corrected chi connectivity index (χ1v) is 9.40. The normalized spacial score (nSPS) is 16.2. The summed E-state index contributed by atoms with van der Waals surface area (Å²) >= 11 is 0. The van der Waals surface area contributed by atoms with Crippen molar-refractivity contribution in [1.82, 2.24) is 15.1 Å². The Morgan fingerprint density at radius 3 is 2.83 bits per heavy atom. The Kier molecular flexibility index (Phi) is 4.97. The van der Waals surface area contributed by atoms with Gasteiger partial charge in [-0.05, 0) is 44.0 Å². The zero-order valence-corrected chi connectivity index (χ0v) is 16.0. The Morgan fingerprint density at radius 1 is 1.27 bits per heavy atom. The third-order valence-electron chi connectivity index (χ3n) is 5.10. The number of hydrogen-bond donors (Lipinski definition) is 1. The highest BCUT2D eigenvalue weighted by molar-refractivity contribution is 5.92. The summed E-state index contributed by atoms with van der Waals surface area (Å²) in [6, 6.07) is 7.20. The Balaban J connectivity index is 1.68. The highest BCUT2D eigenvalue weighted by atomic mass is 19.4. The van der Waals surface area contributed by atoms with Crippen molar-refractivity contribution in [2.45, 2.75) is 38.4 Å². The second-order valence-corrected chi connectivity index (χ2v) is 7.18. The smallest absolute Gasteiger partial charge is 0.416 e. The topological polar surface area (TPSA) is 77.1 Å². The van der Waals surface area contributed by atoms with E-state index in [1.54, 1.807) is 12.3 Å². The van der Waals surface area contributed by atoms with Crippen molar-refractivity contribution in [3.05, 3.63) is 81.2 Å². The molecule has 9 heteroatoms. The Bertz CT molecular complexity index is 1160. The Morgan fingerprint density at radius 2 is 2.07 bits per heavy atom. The van der Waals surface area contributed by atoms with Gasteiger partial charge in [-0.25, -0.2) is 4.68 Å². The van der Waals surface area contributed by atoms with Gasteiger partial charge in [-0.2, -0.15) is 18.3 Å². The van der Waals surface area contributed by atoms with Crippen LogP contribution in [0.2, 0.25) is 0 Å². The molecule has 3 aromatic rings. The van der Waals surface area contributed by atoms with Crippen LogP contribution in [0.25, 0.3) is 5.69 Å². The minimum atomic E-state index is -4.52. The highest BCUT2D eigenvalue weighted by Crippen LogP contribution is 2.31. The van der Waals surface area contributed by atoms with E-state index >= 15 is 0 Å². The lowest BCUT2D eigenvalue weighted by atomic mass is 9.93. The van der Waals surface area contributed by atoms with Gasteiger partial charge < -0.3 is 9.73 Å². The lowest BCUT2D eigenvalue weighted by Crippen LogP contribution is -2.35. The number of alkyl halides is 3. The van der Waals surface area contributed by atoms with E-state index in [4.69, 9.17) is 4.42 Å². The molecule has 1 N–H and O–H groups in total. The van der Waals surface area contributed by atoms with E-state index < -0.39 is 23.1 Å². The number of aromatic nitrogens is 2. The lowest BCUT2D eigenvalue weighted by Gasteiger charge is -2.22. The van der Waals surface area contributed by atoms with Crippen LogP contribution in [0, 0.1) is 6.92 Å². The summed E-state index contributed by atoms with van der Waals surface area (Å²) in [7, 11) is 0. The molecule has 1 aliphatic rings. The predicted molar refractivity (Wildman–Crippen MR) is 101 cm³/mol. The number of benzene rings is 1. The molecule has 2 heterocycles. The summed E-state index contributed by atoms with van der Waals surface area (Å²) in [6.45, 7) is 1.54. The third-order valence-corrected chi connectivity index (χ3v) is 5.10. The van der Waals surface area contributed by atoms with Gasteiger partial charge in [0.15, 0.2) is 5.69 Å². The third kappa shape index (κ3) is 3.74. The zero-order chi connectivity index (χ0) is 21.5. The van der Waals surface area contributed by atoms with Crippen LogP contribution in [0.15, 0.2) is 51.9 Å². The monoisotopic (exact) mass is 417 g/mol. The van der Waals surface area contributed by atoms with Gasteiger partial charge in [-0.1, -0.05) is 6.07 Å². The van der Waals surface area contributed by atoms with Crippen LogP contribution in [0.1, 0.15) is 52.0 Å². The molecule has 1 amide bonds. The summed E-state index contributed by atoms with van der Waals surface area (Å²) in [5.41, 5.74) is -0.553. The molecule has 156 valence electrons. The van der Waals surface area contributed by atoms with Crippen LogP contribution < -0.4 is 10.7 Å². The summed E-state index contributed by atoms with van der Waals surface area (Å²) in [5, 5.41) is 6.87. The van der Waals surface area contributed by atoms with Gasteiger partial charge in [-0.3, -0.25) is 9.59 Å². The fourth-order valence-corrected chi connectivity index (χ4v) is 3.64. The summed E-state index contributed by atoms with van der Waals surface area (Å²) < 4.78 is 45.7. The molecule has 6 nitrogen and oxygen atoms in total. The van der Waals surface area contributed by atoms with Crippen molar-refractivity contribution in [3.8, 4) is 5.69 Å². The number of rotatable bonds is 3. The zero-order valence-electron chi connectivity index (χ0n) is 16.0. The van der Waals surface area contributed by atoms with Gasteiger partial charge >= 0.3 is 6.18 Å². The van der Waals surface area contributed by atoms with Crippen LogP contribution in [0.5, 0.6) is 0 Å². The van der Waals surface area contributed by atoms with Crippen molar-refractivity contribution in [3.63, 3.8) is 0 Å². The SMILES string of the molecule is Cc1cc(=O)c(C(=O)NC2CCCc3occc32)nn1-c1cccc(C(F)(F)F)c1. The number of halogens is 3. The molecule has 2 aromatic heterocycles. The number of aryl methyl sites for hydroxylation is 2. The number of furan rings is 1. The number of nitrogens with one attached hydrogen (secondary N) is 1. The van der Waals surface area contributed by atoms with Crippen LogP contribution in [0.4, 0.5) is 13.2 Å². The van der Waals surface area contributed by atoms with E-state index in [-0.39, 0.29) is 17.4 Å². The standard InChI is InChI=1S/C21H18F3N3O3/c1-12-10-17(28)19(20(29)25-16-6-3-7-18-15(16)8-9-30-18)26-27(12)14-5-2-4-13(11-14)21(22,23)24/h2,4-5,8-11,16H,3,6-7H2,1H3,(H,25,29). The molecule has 0 aliphatic heterocycles. The van der Waals surface area contributed by atoms with E-state index in [9.17, 15) is 22.8 Å². The average molecular weight is 417 g/mol. The van der Waals surface area contributed by atoms with Crippen LogP contribution in [0.3, 0.4) is 0 Å². The average Bonchev–Trinajstić information content (AvgIpc) is 3.17. The van der Waals surface area contributed by atoms with Crippen LogP contribution in [-0.2, 0) is 12.6 Å². The molecular weight excluding hydrogens is 399 g/mol. The first-order valence-electron chi connectivity index (χ1n) is 9.40. The maximum atomic E-state index is 13.1. The second-order valence-electron chi connectivity index (χ2n) is 7.18. The Labute approximate surface area is 169 Å². The van der Waals surface area contributed by atoms with Crippen LogP contribution >= 0.6 is 0 Å². The van der Waals surface area contributed by atoms with E-state index in [1.165, 1.54) is 25.1 Å². The van der Waals surface area contributed by atoms with Gasteiger partial charge in [0, 0.05) is 23.7 Å². The van der Waals surface area contributed by atoms with Crippen molar-refractivity contribution in [2.75, 3.05) is 0 Å². The van der Waals surface area contributed by atoms with E-state index in [2.05, 4.69) is 10.4 Å². The van der Waals surface area contributed by atoms with Crippen molar-refractivity contribution in [1.29, 1.82) is 0 Å². The molecule has 0 bridgehead atoms. The molecule has 1 atom stereocenters. The van der Waals surface area contributed by atoms with Gasteiger partial charge in [0.25, 0.3) is 5.91 Å². The van der Waals surface area contributed by atoms with Gasteiger partial charge in [0.1, 0.15) is 5.76 Å². The number of fused-ring (bicyclic) bond motifs is 1. The summed E-state index contributed by atoms with van der Waals surface area (Å²) in [4.78, 5) is 25.2. The number of carbonyl (C=O) groups excluding carboxylic acids is 1. The number of carbonyl (C=O) groups is 1. The van der Waals surface area contributed by atoms with Crippen molar-refractivity contribution < 1.29 is 22.4 Å². The molecule has 1 aromatic carbocycles. The lowest BCUT2D eigenvalue weighted by molar-refractivity contribution is -0.137. The number of hydrogen-bond acceptors (Lipinski definition) is 4. The first-order chi connectivity index (χ1) is 14.2. The number of nitrogens with zero attached hydrogens (tertiary/aromatic N) is 2. The molecule has 4 rings (SSSR count). The van der Waals surface area contributed by atoms with Crippen molar-refractivity contribution >= 4 is 5.91 Å². The molecule has 0 spiro atoms. The molecule has 1 aliphatic carbocycles. The molecule has 0 saturated carbocycles. The highest BCUT2D eigenvalue weighted by Gasteiger charge is 2.31. The quantitative estimate of drug-likeness (QED) is 0.700. The summed E-state index contributed by atoms with van der Waals surface area (Å²) in [5.74, 6) is 0.115. The molecule has 0 fully saturated rings. The fraction of sp³-hybridized carbons (Fsp3) is 0.286. The minimum absolute atomic E-state index is 0.103. The Hall–Kier alpha value is -3.36. The fourth-order valence-electron chi connectivity index (χ4n) is 3.64. The van der Waals surface area contributed by atoms with E-state index in [0.29, 0.717) is 12.1 Å². The van der Waals surface area contributed by atoms with Gasteiger partial charge in [0.05, 0.1) is 23.6 Å². The van der Waals surface area contributed by atoms with E-state index in [0.717, 1.165) is 41.0 Å². The molecule has 0 saturated heterocycles. The molecule has 0 radical (unpaired) electrons. The van der Waals surface area contributed by atoms with Gasteiger partial charge in [-0.15, -0.1) is 0 Å². The molecule has 1 unspecified atom stereocenters.